The molecule has 1 unspecified atom stereocenters. The molecule has 6 nitrogen and oxygen atoms in total. The first-order valence-electron chi connectivity index (χ1n) is 9.50. The molecule has 154 valence electrons. The third kappa shape index (κ3) is 5.11. The standard InChI is InChI=1S/C22H20ClN3O3S/c23-15-4-1-7-18(12-15)29-19-9-10-26(14-19)22(28)25-17-6-2-5-16(13-17)24-21(27)20-8-3-11-30-20/h1-8,11-13,19H,9-10,14H2,(H,24,27)(H,25,28). The van der Waals surface area contributed by atoms with Gasteiger partial charge in [-0.3, -0.25) is 4.79 Å². The number of thiophene rings is 1. The first kappa shape index (κ1) is 20.3. The summed E-state index contributed by atoms with van der Waals surface area (Å²) in [6.07, 6.45) is 0.669. The summed E-state index contributed by atoms with van der Waals surface area (Å²) in [5.41, 5.74) is 1.23. The minimum absolute atomic E-state index is 0.0781. The van der Waals surface area contributed by atoms with Crippen molar-refractivity contribution in [2.24, 2.45) is 0 Å². The number of rotatable bonds is 5. The highest BCUT2D eigenvalue weighted by Gasteiger charge is 2.27. The van der Waals surface area contributed by atoms with Gasteiger partial charge in [0, 0.05) is 29.4 Å². The van der Waals surface area contributed by atoms with Crippen LogP contribution in [0, 0.1) is 0 Å². The van der Waals surface area contributed by atoms with Crippen LogP contribution < -0.4 is 15.4 Å². The number of nitrogens with zero attached hydrogens (tertiary/aromatic N) is 1. The van der Waals surface area contributed by atoms with Gasteiger partial charge in [0.25, 0.3) is 5.91 Å². The van der Waals surface area contributed by atoms with Gasteiger partial charge in [-0.2, -0.15) is 0 Å². The van der Waals surface area contributed by atoms with E-state index in [9.17, 15) is 9.59 Å². The van der Waals surface area contributed by atoms with E-state index in [4.69, 9.17) is 16.3 Å². The topological polar surface area (TPSA) is 70.7 Å². The fourth-order valence-electron chi connectivity index (χ4n) is 3.22. The Hall–Kier alpha value is -3.03. The van der Waals surface area contributed by atoms with Crippen molar-refractivity contribution >= 4 is 46.3 Å². The molecular formula is C22H20ClN3O3S. The van der Waals surface area contributed by atoms with Gasteiger partial charge in [0.2, 0.25) is 0 Å². The number of halogens is 1. The van der Waals surface area contributed by atoms with Crippen molar-refractivity contribution in [1.82, 2.24) is 4.90 Å². The highest BCUT2D eigenvalue weighted by molar-refractivity contribution is 7.12. The Morgan fingerprint density at radius 3 is 2.60 bits per heavy atom. The zero-order valence-electron chi connectivity index (χ0n) is 16.0. The van der Waals surface area contributed by atoms with Crippen molar-refractivity contribution < 1.29 is 14.3 Å². The number of nitrogens with one attached hydrogen (secondary N) is 2. The molecule has 2 heterocycles. The van der Waals surface area contributed by atoms with Crippen LogP contribution in [0.2, 0.25) is 5.02 Å². The Morgan fingerprint density at radius 1 is 1.03 bits per heavy atom. The highest BCUT2D eigenvalue weighted by atomic mass is 35.5. The van der Waals surface area contributed by atoms with Crippen LogP contribution >= 0.6 is 22.9 Å². The van der Waals surface area contributed by atoms with E-state index in [1.165, 1.54) is 11.3 Å². The van der Waals surface area contributed by atoms with E-state index in [0.29, 0.717) is 40.1 Å². The van der Waals surface area contributed by atoms with E-state index in [-0.39, 0.29) is 18.0 Å². The predicted octanol–water partition coefficient (Wildman–Crippen LogP) is 5.34. The lowest BCUT2D eigenvalue weighted by molar-refractivity contribution is 0.103. The third-order valence-electron chi connectivity index (χ3n) is 4.65. The predicted molar refractivity (Wildman–Crippen MR) is 120 cm³/mol. The molecular weight excluding hydrogens is 422 g/mol. The molecule has 0 aliphatic carbocycles. The monoisotopic (exact) mass is 441 g/mol. The highest BCUT2D eigenvalue weighted by Crippen LogP contribution is 2.23. The number of hydrogen-bond acceptors (Lipinski definition) is 4. The molecule has 1 aromatic heterocycles. The van der Waals surface area contributed by atoms with Gasteiger partial charge in [-0.25, -0.2) is 4.79 Å². The maximum Gasteiger partial charge on any atom is 0.321 e. The fourth-order valence-corrected chi connectivity index (χ4v) is 4.02. The summed E-state index contributed by atoms with van der Waals surface area (Å²) in [5.74, 6) is 0.526. The molecule has 1 atom stereocenters. The van der Waals surface area contributed by atoms with Crippen molar-refractivity contribution in [3.8, 4) is 5.75 Å². The lowest BCUT2D eigenvalue weighted by Crippen LogP contribution is -2.34. The van der Waals surface area contributed by atoms with Crippen molar-refractivity contribution in [3.05, 3.63) is 75.9 Å². The average Bonchev–Trinajstić information content (AvgIpc) is 3.41. The fraction of sp³-hybridized carbons (Fsp3) is 0.182. The van der Waals surface area contributed by atoms with E-state index in [1.807, 2.05) is 23.6 Å². The van der Waals surface area contributed by atoms with Crippen LogP contribution in [-0.4, -0.2) is 36.0 Å². The average molecular weight is 442 g/mol. The van der Waals surface area contributed by atoms with Crippen molar-refractivity contribution in [2.75, 3.05) is 23.7 Å². The van der Waals surface area contributed by atoms with Crippen LogP contribution in [0.5, 0.6) is 5.75 Å². The minimum atomic E-state index is -0.200. The van der Waals surface area contributed by atoms with Gasteiger partial charge in [-0.1, -0.05) is 29.8 Å². The molecule has 1 saturated heterocycles. The smallest absolute Gasteiger partial charge is 0.321 e. The second-order valence-corrected chi connectivity index (χ2v) is 8.26. The van der Waals surface area contributed by atoms with Gasteiger partial charge in [0.15, 0.2) is 0 Å². The van der Waals surface area contributed by atoms with Gasteiger partial charge in [0.05, 0.1) is 11.4 Å². The lowest BCUT2D eigenvalue weighted by atomic mass is 10.2. The normalized spacial score (nSPS) is 15.6. The van der Waals surface area contributed by atoms with Crippen LogP contribution in [0.3, 0.4) is 0 Å². The first-order valence-corrected chi connectivity index (χ1v) is 10.8. The molecule has 4 rings (SSSR count). The van der Waals surface area contributed by atoms with E-state index in [2.05, 4.69) is 10.6 Å². The van der Waals surface area contributed by atoms with Crippen molar-refractivity contribution in [2.45, 2.75) is 12.5 Å². The van der Waals surface area contributed by atoms with Crippen LogP contribution in [0.15, 0.2) is 66.0 Å². The number of anilines is 2. The number of carbonyl (C=O) groups excluding carboxylic acids is 2. The van der Waals surface area contributed by atoms with Crippen LogP contribution in [-0.2, 0) is 0 Å². The molecule has 2 aromatic carbocycles. The molecule has 3 amide bonds. The summed E-state index contributed by atoms with van der Waals surface area (Å²) >= 11 is 7.37. The van der Waals surface area contributed by atoms with Crippen molar-refractivity contribution in [3.63, 3.8) is 0 Å². The molecule has 0 radical (unpaired) electrons. The number of likely N-dealkylation sites (tertiary alicyclic amines) is 1. The number of benzene rings is 2. The Morgan fingerprint density at radius 2 is 1.83 bits per heavy atom. The molecule has 3 aromatic rings. The number of ether oxygens (including phenoxy) is 1. The zero-order valence-corrected chi connectivity index (χ0v) is 17.6. The van der Waals surface area contributed by atoms with Crippen LogP contribution in [0.25, 0.3) is 0 Å². The van der Waals surface area contributed by atoms with Gasteiger partial charge in [-0.05, 0) is 47.8 Å². The molecule has 0 spiro atoms. The second kappa shape index (κ2) is 9.19. The number of urea groups is 1. The largest absolute Gasteiger partial charge is 0.488 e. The molecule has 30 heavy (non-hydrogen) atoms. The summed E-state index contributed by atoms with van der Waals surface area (Å²) in [7, 11) is 0. The van der Waals surface area contributed by atoms with Crippen LogP contribution in [0.1, 0.15) is 16.1 Å². The minimum Gasteiger partial charge on any atom is -0.488 e. The summed E-state index contributed by atoms with van der Waals surface area (Å²) in [5, 5.41) is 8.20. The maximum absolute atomic E-state index is 12.6. The van der Waals surface area contributed by atoms with Gasteiger partial charge in [0.1, 0.15) is 11.9 Å². The van der Waals surface area contributed by atoms with E-state index in [1.54, 1.807) is 47.4 Å². The lowest BCUT2D eigenvalue weighted by Gasteiger charge is -2.18. The molecule has 1 fully saturated rings. The zero-order chi connectivity index (χ0) is 20.9. The second-order valence-electron chi connectivity index (χ2n) is 6.87. The van der Waals surface area contributed by atoms with Gasteiger partial charge >= 0.3 is 6.03 Å². The quantitative estimate of drug-likeness (QED) is 0.561. The maximum atomic E-state index is 12.6. The van der Waals surface area contributed by atoms with E-state index < -0.39 is 0 Å². The molecule has 1 aliphatic heterocycles. The molecule has 2 N–H and O–H groups in total. The Labute approximate surface area is 183 Å². The SMILES string of the molecule is O=C(Nc1cccc(NC(=O)N2CCC(Oc3cccc(Cl)c3)C2)c1)c1cccs1. The molecule has 0 saturated carbocycles. The summed E-state index contributed by atoms with van der Waals surface area (Å²) < 4.78 is 5.93. The molecule has 1 aliphatic rings. The van der Waals surface area contributed by atoms with E-state index in [0.717, 1.165) is 6.42 Å². The molecule has 8 heteroatoms. The number of carbonyl (C=O) groups is 2. The van der Waals surface area contributed by atoms with Gasteiger partial charge in [-0.15, -0.1) is 11.3 Å². The van der Waals surface area contributed by atoms with Gasteiger partial charge < -0.3 is 20.3 Å². The van der Waals surface area contributed by atoms with Crippen LogP contribution in [0.4, 0.5) is 16.2 Å². The first-order chi connectivity index (χ1) is 14.6. The van der Waals surface area contributed by atoms with E-state index >= 15 is 0 Å². The third-order valence-corrected chi connectivity index (χ3v) is 5.75. The van der Waals surface area contributed by atoms with Crippen molar-refractivity contribution in [1.29, 1.82) is 0 Å². The Balaban J connectivity index is 1.32. The summed E-state index contributed by atoms with van der Waals surface area (Å²) in [4.78, 5) is 27.2. The number of amides is 3. The Kier molecular flexibility index (Phi) is 6.21. The number of hydrogen-bond donors (Lipinski definition) is 2. The Bertz CT molecular complexity index is 1040. The summed E-state index contributed by atoms with van der Waals surface area (Å²) in [6, 6.07) is 17.7. The summed E-state index contributed by atoms with van der Waals surface area (Å²) in [6.45, 7) is 1.10. The molecule has 0 bridgehead atoms.